The number of aliphatic imine (C=N–C) groups is 1. The smallest absolute Gasteiger partial charge is 0.355 e. The van der Waals surface area contributed by atoms with Crippen molar-refractivity contribution >= 4 is 35.8 Å². The summed E-state index contributed by atoms with van der Waals surface area (Å²) < 4.78 is 37.0. The Labute approximate surface area is 151 Å². The number of guanidine groups is 1. The molecule has 0 radical (unpaired) electrons. The topological polar surface area (TPSA) is 68.8 Å². The van der Waals surface area contributed by atoms with Crippen LogP contribution < -0.4 is 16.0 Å². The van der Waals surface area contributed by atoms with Gasteiger partial charge in [-0.2, -0.15) is 13.2 Å². The third-order valence-corrected chi connectivity index (χ3v) is 3.23. The Morgan fingerprint density at radius 3 is 2.61 bits per heavy atom. The number of hydrogen-bond acceptors (Lipinski definition) is 3. The highest BCUT2D eigenvalue weighted by Crippen LogP contribution is 2.19. The maximum atomic E-state index is 12.3. The van der Waals surface area contributed by atoms with Crippen LogP contribution in [0, 0.1) is 0 Å². The fourth-order valence-corrected chi connectivity index (χ4v) is 2.23. The molecule has 1 saturated heterocycles. The molecule has 1 aliphatic heterocycles. The van der Waals surface area contributed by atoms with Crippen LogP contribution in [0.15, 0.2) is 4.99 Å². The van der Waals surface area contributed by atoms with Crippen LogP contribution in [0.25, 0.3) is 0 Å². The molecule has 1 amide bonds. The Morgan fingerprint density at radius 2 is 2.04 bits per heavy atom. The standard InChI is InChI=1S/C13H24F3N5O.HI/c1-3-5-18-11(22)7-19-12(17-2)20-10-4-6-21(8-10)9-13(14,15)16;/h10H,3-9H2,1-2H3,(H,18,22)(H2,17,19,20);1H. The second-order valence-corrected chi connectivity index (χ2v) is 5.26. The summed E-state index contributed by atoms with van der Waals surface area (Å²) in [5, 5.41) is 8.62. The molecule has 0 saturated carbocycles. The average molecular weight is 451 g/mol. The van der Waals surface area contributed by atoms with Crippen molar-refractivity contribution in [2.24, 2.45) is 4.99 Å². The van der Waals surface area contributed by atoms with Crippen LogP contribution in [-0.2, 0) is 4.79 Å². The van der Waals surface area contributed by atoms with Crippen LogP contribution >= 0.6 is 24.0 Å². The molecule has 6 nitrogen and oxygen atoms in total. The van der Waals surface area contributed by atoms with Gasteiger partial charge >= 0.3 is 6.18 Å². The molecule has 0 aliphatic carbocycles. The maximum Gasteiger partial charge on any atom is 0.401 e. The Hall–Kier alpha value is -0.780. The molecule has 10 heteroatoms. The first-order valence-corrected chi connectivity index (χ1v) is 7.37. The fraction of sp³-hybridized carbons (Fsp3) is 0.846. The lowest BCUT2D eigenvalue weighted by atomic mass is 10.3. The van der Waals surface area contributed by atoms with Gasteiger partial charge in [-0.3, -0.25) is 14.7 Å². The zero-order valence-electron chi connectivity index (χ0n) is 13.4. The zero-order valence-corrected chi connectivity index (χ0v) is 15.7. The molecule has 136 valence electrons. The van der Waals surface area contributed by atoms with E-state index in [-0.39, 0.29) is 42.5 Å². The predicted octanol–water partition coefficient (Wildman–Crippen LogP) is 0.932. The molecule has 1 heterocycles. The molecule has 1 rings (SSSR count). The van der Waals surface area contributed by atoms with Crippen molar-refractivity contribution in [2.75, 3.05) is 39.8 Å². The highest BCUT2D eigenvalue weighted by molar-refractivity contribution is 14.0. The highest BCUT2D eigenvalue weighted by Gasteiger charge is 2.34. The zero-order chi connectivity index (χ0) is 16.6. The summed E-state index contributed by atoms with van der Waals surface area (Å²) in [4.78, 5) is 16.8. The quantitative estimate of drug-likeness (QED) is 0.320. The number of likely N-dealkylation sites (tertiary alicyclic amines) is 1. The van der Waals surface area contributed by atoms with Gasteiger partial charge < -0.3 is 16.0 Å². The van der Waals surface area contributed by atoms with E-state index in [1.54, 1.807) is 7.05 Å². The van der Waals surface area contributed by atoms with Gasteiger partial charge in [-0.1, -0.05) is 6.92 Å². The first-order valence-electron chi connectivity index (χ1n) is 7.37. The van der Waals surface area contributed by atoms with Crippen LogP contribution in [0.2, 0.25) is 0 Å². The number of amides is 1. The largest absolute Gasteiger partial charge is 0.401 e. The summed E-state index contributed by atoms with van der Waals surface area (Å²) in [5.41, 5.74) is 0. The van der Waals surface area contributed by atoms with Crippen molar-refractivity contribution in [2.45, 2.75) is 32.0 Å². The molecular weight excluding hydrogens is 426 g/mol. The van der Waals surface area contributed by atoms with Crippen molar-refractivity contribution in [3.8, 4) is 0 Å². The lowest BCUT2D eigenvalue weighted by Gasteiger charge is -2.19. The van der Waals surface area contributed by atoms with Gasteiger partial charge in [0.15, 0.2) is 5.96 Å². The lowest BCUT2D eigenvalue weighted by Crippen LogP contribution is -2.47. The molecule has 1 fully saturated rings. The maximum absolute atomic E-state index is 12.3. The highest BCUT2D eigenvalue weighted by atomic mass is 127. The van der Waals surface area contributed by atoms with E-state index < -0.39 is 12.7 Å². The number of nitrogens with zero attached hydrogens (tertiary/aromatic N) is 2. The average Bonchev–Trinajstić information content (AvgIpc) is 2.85. The van der Waals surface area contributed by atoms with Gasteiger partial charge in [0.1, 0.15) is 0 Å². The number of rotatable bonds is 6. The van der Waals surface area contributed by atoms with E-state index in [1.165, 1.54) is 4.90 Å². The molecule has 0 aromatic rings. The van der Waals surface area contributed by atoms with E-state index in [1.807, 2.05) is 6.92 Å². The third-order valence-electron chi connectivity index (χ3n) is 3.23. The SMILES string of the molecule is CCCNC(=O)CNC(=NC)NC1CCN(CC(F)(F)F)C1.I. The van der Waals surface area contributed by atoms with Crippen LogP contribution in [0.5, 0.6) is 0 Å². The van der Waals surface area contributed by atoms with E-state index in [0.717, 1.165) is 6.42 Å². The van der Waals surface area contributed by atoms with Crippen LogP contribution in [0.3, 0.4) is 0 Å². The van der Waals surface area contributed by atoms with Gasteiger partial charge in [-0.05, 0) is 12.8 Å². The normalized spacial score (nSPS) is 19.2. The second kappa shape index (κ2) is 10.9. The Bertz CT molecular complexity index is 392. The lowest BCUT2D eigenvalue weighted by molar-refractivity contribution is -0.143. The van der Waals surface area contributed by atoms with E-state index in [0.29, 0.717) is 32.0 Å². The molecule has 0 spiro atoms. The van der Waals surface area contributed by atoms with Gasteiger partial charge in [-0.25, -0.2) is 0 Å². The second-order valence-electron chi connectivity index (χ2n) is 5.26. The summed E-state index contributed by atoms with van der Waals surface area (Å²) in [5.74, 6) is 0.278. The first-order chi connectivity index (χ1) is 10.3. The summed E-state index contributed by atoms with van der Waals surface area (Å²) in [7, 11) is 1.56. The molecule has 1 atom stereocenters. The molecule has 1 aliphatic rings. The Morgan fingerprint density at radius 1 is 1.35 bits per heavy atom. The minimum Gasteiger partial charge on any atom is -0.355 e. The van der Waals surface area contributed by atoms with E-state index in [4.69, 9.17) is 0 Å². The third kappa shape index (κ3) is 9.84. The van der Waals surface area contributed by atoms with E-state index >= 15 is 0 Å². The molecule has 0 aromatic carbocycles. The summed E-state index contributed by atoms with van der Waals surface area (Å²) >= 11 is 0. The van der Waals surface area contributed by atoms with Crippen LogP contribution in [0.1, 0.15) is 19.8 Å². The van der Waals surface area contributed by atoms with Crippen molar-refractivity contribution in [3.63, 3.8) is 0 Å². The molecular formula is C13H25F3IN5O. The van der Waals surface area contributed by atoms with Crippen molar-refractivity contribution in [3.05, 3.63) is 0 Å². The van der Waals surface area contributed by atoms with Crippen LogP contribution in [0.4, 0.5) is 13.2 Å². The van der Waals surface area contributed by atoms with Gasteiger partial charge in [0.05, 0.1) is 13.1 Å². The number of carbonyl (C=O) groups excluding carboxylic acids is 1. The van der Waals surface area contributed by atoms with Gasteiger partial charge in [-0.15, -0.1) is 24.0 Å². The monoisotopic (exact) mass is 451 g/mol. The molecule has 3 N–H and O–H groups in total. The minimum absolute atomic E-state index is 0. The number of hydrogen-bond donors (Lipinski definition) is 3. The minimum atomic E-state index is -4.17. The van der Waals surface area contributed by atoms with Crippen LogP contribution in [-0.4, -0.2) is 68.8 Å². The van der Waals surface area contributed by atoms with E-state index in [9.17, 15) is 18.0 Å². The number of nitrogens with one attached hydrogen (secondary N) is 3. The Kier molecular flexibility index (Phi) is 10.5. The van der Waals surface area contributed by atoms with Crippen molar-refractivity contribution < 1.29 is 18.0 Å². The molecule has 0 aromatic heterocycles. The number of halogens is 4. The predicted molar refractivity (Wildman–Crippen MR) is 94.1 cm³/mol. The summed E-state index contributed by atoms with van der Waals surface area (Å²) in [6.45, 7) is 2.46. The number of alkyl halides is 3. The first kappa shape index (κ1) is 22.2. The molecule has 0 bridgehead atoms. The van der Waals surface area contributed by atoms with E-state index in [2.05, 4.69) is 20.9 Å². The van der Waals surface area contributed by atoms with Gasteiger partial charge in [0.25, 0.3) is 0 Å². The van der Waals surface area contributed by atoms with Crippen molar-refractivity contribution in [1.29, 1.82) is 0 Å². The van der Waals surface area contributed by atoms with Gasteiger partial charge in [0.2, 0.25) is 5.91 Å². The fourth-order valence-electron chi connectivity index (χ4n) is 2.23. The molecule has 23 heavy (non-hydrogen) atoms. The van der Waals surface area contributed by atoms with Gasteiger partial charge in [0, 0.05) is 32.7 Å². The summed E-state index contributed by atoms with van der Waals surface area (Å²) in [6, 6.07) is -0.104. The summed E-state index contributed by atoms with van der Waals surface area (Å²) in [6.07, 6.45) is -2.71. The van der Waals surface area contributed by atoms with Crippen molar-refractivity contribution in [1.82, 2.24) is 20.9 Å². The molecule has 1 unspecified atom stereocenters. The Balaban J connectivity index is 0.00000484. The number of carbonyl (C=O) groups is 1.